The third-order valence-corrected chi connectivity index (χ3v) is 2.07. The van der Waals surface area contributed by atoms with Gasteiger partial charge in [0, 0.05) is 7.11 Å². The summed E-state index contributed by atoms with van der Waals surface area (Å²) in [6.45, 7) is 3.50. The molecule has 0 spiro atoms. The fourth-order valence-electron chi connectivity index (χ4n) is 1.35. The van der Waals surface area contributed by atoms with E-state index in [1.807, 2.05) is 0 Å². The molecule has 82 valence electrons. The van der Waals surface area contributed by atoms with Crippen LogP contribution >= 0.6 is 0 Å². The Labute approximate surface area is 83.6 Å². The van der Waals surface area contributed by atoms with Crippen molar-refractivity contribution in [1.29, 1.82) is 0 Å². The summed E-state index contributed by atoms with van der Waals surface area (Å²) in [6, 6.07) is 0. The van der Waals surface area contributed by atoms with Gasteiger partial charge in [0.1, 0.15) is 6.61 Å². The molecule has 1 fully saturated rings. The van der Waals surface area contributed by atoms with E-state index in [9.17, 15) is 9.90 Å². The molecular formula is C9H17NO4. The monoisotopic (exact) mass is 203 g/mol. The van der Waals surface area contributed by atoms with Crippen LogP contribution in [0.2, 0.25) is 0 Å². The summed E-state index contributed by atoms with van der Waals surface area (Å²) in [5, 5.41) is 9.39. The first-order chi connectivity index (χ1) is 6.55. The molecule has 1 saturated heterocycles. The fourth-order valence-corrected chi connectivity index (χ4v) is 1.35. The lowest BCUT2D eigenvalue weighted by molar-refractivity contribution is -0.157. The molecule has 0 bridgehead atoms. The van der Waals surface area contributed by atoms with E-state index in [0.717, 1.165) is 0 Å². The van der Waals surface area contributed by atoms with Crippen molar-refractivity contribution in [3.8, 4) is 0 Å². The van der Waals surface area contributed by atoms with Crippen LogP contribution < -0.4 is 0 Å². The van der Waals surface area contributed by atoms with Crippen LogP contribution in [0.4, 0.5) is 0 Å². The fraction of sp³-hybridized carbons (Fsp3) is 0.889. The summed E-state index contributed by atoms with van der Waals surface area (Å²) in [4.78, 5) is 12.9. The highest BCUT2D eigenvalue weighted by Gasteiger charge is 2.39. The predicted octanol–water partition coefficient (Wildman–Crippen LogP) is -0.757. The summed E-state index contributed by atoms with van der Waals surface area (Å²) >= 11 is 0. The number of likely N-dealkylation sites (tertiary alicyclic amines) is 1. The van der Waals surface area contributed by atoms with Crippen molar-refractivity contribution in [1.82, 2.24) is 4.90 Å². The number of hydrogen-bond donors (Lipinski definition) is 1. The maximum Gasteiger partial charge on any atom is 0.248 e. The van der Waals surface area contributed by atoms with Gasteiger partial charge in [-0.1, -0.05) is 0 Å². The molecule has 5 nitrogen and oxygen atoms in total. The molecular weight excluding hydrogens is 186 g/mol. The topological polar surface area (TPSA) is 59.0 Å². The number of β-amino-alcohol motifs (C(OH)–C–C–N with tert-alkyl or cyclic N) is 1. The Balaban J connectivity index is 2.06. The summed E-state index contributed by atoms with van der Waals surface area (Å²) in [6.07, 6.45) is 0. The number of rotatable bonds is 5. The van der Waals surface area contributed by atoms with E-state index < -0.39 is 5.60 Å². The van der Waals surface area contributed by atoms with E-state index in [1.165, 1.54) is 0 Å². The molecule has 1 aliphatic heterocycles. The molecule has 1 N–H and O–H groups in total. The number of hydrogen-bond acceptors (Lipinski definition) is 4. The third-order valence-electron chi connectivity index (χ3n) is 2.07. The lowest BCUT2D eigenvalue weighted by Crippen LogP contribution is -2.62. The molecule has 14 heavy (non-hydrogen) atoms. The van der Waals surface area contributed by atoms with Gasteiger partial charge in [-0.25, -0.2) is 0 Å². The molecule has 5 heteroatoms. The van der Waals surface area contributed by atoms with Crippen LogP contribution in [0, 0.1) is 0 Å². The molecule has 1 rings (SSSR count). The molecule has 0 aliphatic carbocycles. The Morgan fingerprint density at radius 3 is 2.64 bits per heavy atom. The molecule has 1 heterocycles. The Morgan fingerprint density at radius 1 is 1.50 bits per heavy atom. The average molecular weight is 203 g/mol. The lowest BCUT2D eigenvalue weighted by atomic mass is 9.97. The van der Waals surface area contributed by atoms with Gasteiger partial charge in [-0.2, -0.15) is 0 Å². The van der Waals surface area contributed by atoms with Crippen molar-refractivity contribution in [3.63, 3.8) is 0 Å². The number of ether oxygens (including phenoxy) is 2. The highest BCUT2D eigenvalue weighted by Crippen LogP contribution is 2.19. The second-order valence-corrected chi connectivity index (χ2v) is 3.79. The summed E-state index contributed by atoms with van der Waals surface area (Å²) in [5.74, 6) is -0.0763. The zero-order valence-corrected chi connectivity index (χ0v) is 8.65. The predicted molar refractivity (Wildman–Crippen MR) is 49.9 cm³/mol. The van der Waals surface area contributed by atoms with E-state index in [2.05, 4.69) is 0 Å². The van der Waals surface area contributed by atoms with Crippen LogP contribution in [0.5, 0.6) is 0 Å². The van der Waals surface area contributed by atoms with Crippen molar-refractivity contribution in [2.45, 2.75) is 12.5 Å². The molecule has 0 atom stereocenters. The van der Waals surface area contributed by atoms with E-state index in [-0.39, 0.29) is 12.5 Å². The van der Waals surface area contributed by atoms with Gasteiger partial charge >= 0.3 is 0 Å². The van der Waals surface area contributed by atoms with Crippen LogP contribution in [0.25, 0.3) is 0 Å². The van der Waals surface area contributed by atoms with E-state index >= 15 is 0 Å². The SMILES string of the molecule is COCCOCC(=O)N1CC(C)(O)C1. The van der Waals surface area contributed by atoms with Gasteiger partial charge in [0.25, 0.3) is 0 Å². The van der Waals surface area contributed by atoms with Gasteiger partial charge in [-0.3, -0.25) is 4.79 Å². The van der Waals surface area contributed by atoms with Gasteiger partial charge in [-0.15, -0.1) is 0 Å². The molecule has 0 aromatic heterocycles. The Morgan fingerprint density at radius 2 is 2.14 bits per heavy atom. The smallest absolute Gasteiger partial charge is 0.248 e. The second-order valence-electron chi connectivity index (χ2n) is 3.79. The maximum atomic E-state index is 11.3. The number of methoxy groups -OCH3 is 1. The maximum absolute atomic E-state index is 11.3. The van der Waals surface area contributed by atoms with Crippen LogP contribution in [-0.4, -0.2) is 61.5 Å². The lowest BCUT2D eigenvalue weighted by Gasteiger charge is -2.44. The number of amides is 1. The van der Waals surface area contributed by atoms with Gasteiger partial charge in [0.15, 0.2) is 0 Å². The van der Waals surface area contributed by atoms with Crippen LogP contribution in [0.3, 0.4) is 0 Å². The molecule has 0 radical (unpaired) electrons. The Kier molecular flexibility index (Phi) is 3.86. The van der Waals surface area contributed by atoms with Crippen molar-refractivity contribution >= 4 is 5.91 Å². The second kappa shape index (κ2) is 4.72. The zero-order valence-electron chi connectivity index (χ0n) is 8.65. The summed E-state index contributed by atoms with van der Waals surface area (Å²) in [5.41, 5.74) is -0.706. The first kappa shape index (κ1) is 11.4. The Hall–Kier alpha value is -0.650. The molecule has 0 unspecified atom stereocenters. The normalized spacial score (nSPS) is 19.2. The molecule has 0 aromatic rings. The third kappa shape index (κ3) is 3.25. The minimum absolute atomic E-state index is 0.0689. The quantitative estimate of drug-likeness (QED) is 0.597. The highest BCUT2D eigenvalue weighted by molar-refractivity contribution is 5.78. The van der Waals surface area contributed by atoms with Crippen molar-refractivity contribution in [2.75, 3.05) is 40.0 Å². The molecule has 1 amide bonds. The Bertz CT molecular complexity index is 197. The number of nitrogens with zero attached hydrogens (tertiary/aromatic N) is 1. The van der Waals surface area contributed by atoms with Crippen molar-refractivity contribution in [2.24, 2.45) is 0 Å². The van der Waals surface area contributed by atoms with Crippen molar-refractivity contribution in [3.05, 3.63) is 0 Å². The molecule has 1 aliphatic rings. The minimum Gasteiger partial charge on any atom is -0.386 e. The van der Waals surface area contributed by atoms with Crippen molar-refractivity contribution < 1.29 is 19.4 Å². The van der Waals surface area contributed by atoms with Crippen LogP contribution in [0.15, 0.2) is 0 Å². The first-order valence-electron chi connectivity index (χ1n) is 4.62. The number of aliphatic hydroxyl groups is 1. The first-order valence-corrected chi connectivity index (χ1v) is 4.62. The zero-order chi connectivity index (χ0) is 10.6. The molecule has 0 saturated carbocycles. The average Bonchev–Trinajstić information content (AvgIpc) is 2.08. The standard InChI is InChI=1S/C9H17NO4/c1-9(12)6-10(7-9)8(11)5-14-4-3-13-2/h12H,3-7H2,1-2H3. The number of carbonyl (C=O) groups excluding carboxylic acids is 1. The molecule has 0 aromatic carbocycles. The van der Waals surface area contributed by atoms with Gasteiger partial charge in [0.05, 0.1) is 31.9 Å². The highest BCUT2D eigenvalue weighted by atomic mass is 16.5. The van der Waals surface area contributed by atoms with E-state index in [0.29, 0.717) is 26.3 Å². The van der Waals surface area contributed by atoms with Gasteiger partial charge < -0.3 is 19.5 Å². The van der Waals surface area contributed by atoms with E-state index in [1.54, 1.807) is 18.9 Å². The summed E-state index contributed by atoms with van der Waals surface area (Å²) < 4.78 is 9.83. The van der Waals surface area contributed by atoms with Gasteiger partial charge in [0.2, 0.25) is 5.91 Å². The number of carbonyl (C=O) groups is 1. The van der Waals surface area contributed by atoms with Crippen LogP contribution in [0.1, 0.15) is 6.92 Å². The summed E-state index contributed by atoms with van der Waals surface area (Å²) in [7, 11) is 1.58. The van der Waals surface area contributed by atoms with Gasteiger partial charge in [-0.05, 0) is 6.92 Å². The van der Waals surface area contributed by atoms with E-state index in [4.69, 9.17) is 9.47 Å². The minimum atomic E-state index is -0.706. The van der Waals surface area contributed by atoms with Crippen LogP contribution in [-0.2, 0) is 14.3 Å². The largest absolute Gasteiger partial charge is 0.386 e.